The van der Waals surface area contributed by atoms with E-state index in [0.717, 1.165) is 25.8 Å². The van der Waals surface area contributed by atoms with E-state index in [2.05, 4.69) is 24.5 Å². The molecule has 1 heterocycles. The van der Waals surface area contributed by atoms with Crippen LogP contribution in [0, 0.1) is 11.8 Å². The van der Waals surface area contributed by atoms with Gasteiger partial charge < -0.3 is 15.7 Å². The first-order valence-corrected chi connectivity index (χ1v) is 7.22. The average molecular weight is 293 g/mol. The van der Waals surface area contributed by atoms with Crippen LogP contribution in [-0.2, 0) is 4.79 Å². The zero-order valence-corrected chi connectivity index (χ0v) is 13.0. The lowest BCUT2D eigenvalue weighted by Gasteiger charge is -2.19. The summed E-state index contributed by atoms with van der Waals surface area (Å²) in [5, 5.41) is 15.4. The smallest absolute Gasteiger partial charge is 0.221 e. The number of hydrogen-bond donors (Lipinski definition) is 3. The third-order valence-electron chi connectivity index (χ3n) is 3.52. The predicted molar refractivity (Wildman–Crippen MR) is 80.5 cm³/mol. The second kappa shape index (κ2) is 10.5. The summed E-state index contributed by atoms with van der Waals surface area (Å²) in [5.41, 5.74) is 0. The third-order valence-corrected chi connectivity index (χ3v) is 3.52. The molecule has 1 aliphatic rings. The van der Waals surface area contributed by atoms with E-state index in [-0.39, 0.29) is 24.9 Å². The first-order chi connectivity index (χ1) is 8.61. The lowest BCUT2D eigenvalue weighted by atomic mass is 9.94. The van der Waals surface area contributed by atoms with Gasteiger partial charge >= 0.3 is 0 Å². The predicted octanol–water partition coefficient (Wildman–Crippen LogP) is 1.71. The number of rotatable bonds is 8. The quantitative estimate of drug-likeness (QED) is 0.638. The molecular weight excluding hydrogens is 264 g/mol. The zero-order chi connectivity index (χ0) is 13.4. The second-order valence-corrected chi connectivity index (χ2v) is 5.81. The Kier molecular flexibility index (Phi) is 10.3. The van der Waals surface area contributed by atoms with Crippen LogP contribution in [0.25, 0.3) is 0 Å². The Morgan fingerprint density at radius 2 is 2.21 bits per heavy atom. The lowest BCUT2D eigenvalue weighted by molar-refractivity contribution is -0.121. The minimum absolute atomic E-state index is 0. The lowest BCUT2D eigenvalue weighted by Crippen LogP contribution is -2.35. The highest BCUT2D eigenvalue weighted by molar-refractivity contribution is 5.85. The van der Waals surface area contributed by atoms with Gasteiger partial charge in [-0.1, -0.05) is 13.8 Å². The maximum atomic E-state index is 11.8. The molecule has 1 fully saturated rings. The van der Waals surface area contributed by atoms with Crippen LogP contribution >= 0.6 is 12.4 Å². The first kappa shape index (κ1) is 18.7. The van der Waals surface area contributed by atoms with E-state index >= 15 is 0 Å². The van der Waals surface area contributed by atoms with Crippen molar-refractivity contribution in [3.63, 3.8) is 0 Å². The molecule has 4 nitrogen and oxygen atoms in total. The van der Waals surface area contributed by atoms with Gasteiger partial charge in [-0.3, -0.25) is 4.79 Å². The van der Waals surface area contributed by atoms with Crippen molar-refractivity contribution in [2.45, 2.75) is 52.0 Å². The van der Waals surface area contributed by atoms with E-state index < -0.39 is 0 Å². The van der Waals surface area contributed by atoms with Crippen molar-refractivity contribution in [2.75, 3.05) is 19.7 Å². The molecule has 114 valence electrons. The largest absolute Gasteiger partial charge is 0.396 e. The van der Waals surface area contributed by atoms with Crippen molar-refractivity contribution >= 4 is 18.3 Å². The van der Waals surface area contributed by atoms with E-state index in [4.69, 9.17) is 5.11 Å². The summed E-state index contributed by atoms with van der Waals surface area (Å²) in [6, 6.07) is 0.367. The van der Waals surface area contributed by atoms with Crippen LogP contribution < -0.4 is 10.6 Å². The summed E-state index contributed by atoms with van der Waals surface area (Å²) in [4.78, 5) is 11.8. The number of carbonyl (C=O) groups is 1. The summed E-state index contributed by atoms with van der Waals surface area (Å²) in [7, 11) is 0. The molecule has 0 saturated carbocycles. The van der Waals surface area contributed by atoms with Crippen molar-refractivity contribution < 1.29 is 9.90 Å². The number of carbonyl (C=O) groups excluding carboxylic acids is 1. The van der Waals surface area contributed by atoms with Gasteiger partial charge in [0, 0.05) is 25.6 Å². The Morgan fingerprint density at radius 3 is 2.74 bits per heavy atom. The standard InChI is InChI=1S/C14H28N2O2.ClH/c1-11(2)8-12(5-7-17)10-16-14(18)9-13-4-3-6-15-13;/h11-13,15,17H,3-10H2,1-2H3,(H,16,18);1H. The molecule has 0 aromatic heterocycles. The van der Waals surface area contributed by atoms with E-state index in [0.29, 0.717) is 30.8 Å². The van der Waals surface area contributed by atoms with Crippen LogP contribution in [0.4, 0.5) is 0 Å². The molecular formula is C14H29ClN2O2. The van der Waals surface area contributed by atoms with Gasteiger partial charge in [-0.15, -0.1) is 12.4 Å². The minimum atomic E-state index is 0. The van der Waals surface area contributed by atoms with Gasteiger partial charge in [0.25, 0.3) is 0 Å². The maximum Gasteiger partial charge on any atom is 0.221 e. The van der Waals surface area contributed by atoms with Gasteiger partial charge in [0.2, 0.25) is 5.91 Å². The number of aliphatic hydroxyl groups excluding tert-OH is 1. The SMILES string of the molecule is CC(C)CC(CCO)CNC(=O)CC1CCCN1.Cl. The van der Waals surface area contributed by atoms with Gasteiger partial charge in [0.1, 0.15) is 0 Å². The van der Waals surface area contributed by atoms with Gasteiger partial charge in [0.15, 0.2) is 0 Å². The second-order valence-electron chi connectivity index (χ2n) is 5.81. The van der Waals surface area contributed by atoms with Crippen LogP contribution in [0.5, 0.6) is 0 Å². The molecule has 0 aromatic rings. The average Bonchev–Trinajstić information content (AvgIpc) is 2.78. The highest BCUT2D eigenvalue weighted by atomic mass is 35.5. The Bertz CT molecular complexity index is 244. The Labute approximate surface area is 123 Å². The zero-order valence-electron chi connectivity index (χ0n) is 12.2. The van der Waals surface area contributed by atoms with Gasteiger partial charge in [-0.05, 0) is 44.1 Å². The molecule has 5 heteroatoms. The molecule has 0 aromatic carbocycles. The fraction of sp³-hybridized carbons (Fsp3) is 0.929. The van der Waals surface area contributed by atoms with E-state index in [9.17, 15) is 4.79 Å². The number of amides is 1. The monoisotopic (exact) mass is 292 g/mol. The molecule has 1 rings (SSSR count). The fourth-order valence-electron chi connectivity index (χ4n) is 2.64. The molecule has 1 amide bonds. The van der Waals surface area contributed by atoms with Crippen molar-refractivity contribution in [2.24, 2.45) is 11.8 Å². The van der Waals surface area contributed by atoms with Crippen LogP contribution in [0.15, 0.2) is 0 Å². The van der Waals surface area contributed by atoms with Crippen LogP contribution in [0.1, 0.15) is 46.0 Å². The molecule has 2 unspecified atom stereocenters. The summed E-state index contributed by atoms with van der Waals surface area (Å²) >= 11 is 0. The molecule has 0 spiro atoms. The number of hydrogen-bond acceptors (Lipinski definition) is 3. The third kappa shape index (κ3) is 8.45. The van der Waals surface area contributed by atoms with Gasteiger partial charge in [-0.25, -0.2) is 0 Å². The molecule has 1 saturated heterocycles. The van der Waals surface area contributed by atoms with E-state index in [1.54, 1.807) is 0 Å². The summed E-state index contributed by atoms with van der Waals surface area (Å²) in [5.74, 6) is 1.14. The number of aliphatic hydroxyl groups is 1. The molecule has 19 heavy (non-hydrogen) atoms. The van der Waals surface area contributed by atoms with E-state index in [1.807, 2.05) is 0 Å². The van der Waals surface area contributed by atoms with E-state index in [1.165, 1.54) is 6.42 Å². The van der Waals surface area contributed by atoms with Gasteiger partial charge in [-0.2, -0.15) is 0 Å². The minimum Gasteiger partial charge on any atom is -0.396 e. The maximum absolute atomic E-state index is 11.8. The Morgan fingerprint density at radius 1 is 1.47 bits per heavy atom. The molecule has 2 atom stereocenters. The number of halogens is 1. The topological polar surface area (TPSA) is 61.4 Å². The van der Waals surface area contributed by atoms with Crippen LogP contribution in [0.2, 0.25) is 0 Å². The van der Waals surface area contributed by atoms with Crippen LogP contribution in [0.3, 0.4) is 0 Å². The van der Waals surface area contributed by atoms with Crippen molar-refractivity contribution in [3.05, 3.63) is 0 Å². The normalized spacial score (nSPS) is 20.1. The molecule has 1 aliphatic heterocycles. The highest BCUT2D eigenvalue weighted by Gasteiger charge is 2.18. The van der Waals surface area contributed by atoms with Gasteiger partial charge in [0.05, 0.1) is 0 Å². The van der Waals surface area contributed by atoms with Crippen molar-refractivity contribution in [1.29, 1.82) is 0 Å². The Hall–Kier alpha value is -0.320. The van der Waals surface area contributed by atoms with Crippen molar-refractivity contribution in [1.82, 2.24) is 10.6 Å². The summed E-state index contributed by atoms with van der Waals surface area (Å²) in [6.45, 7) is 6.30. The fourth-order valence-corrected chi connectivity index (χ4v) is 2.64. The highest BCUT2D eigenvalue weighted by Crippen LogP contribution is 2.14. The molecule has 0 radical (unpaired) electrons. The Balaban J connectivity index is 0.00000324. The van der Waals surface area contributed by atoms with Crippen LogP contribution in [-0.4, -0.2) is 36.8 Å². The molecule has 0 bridgehead atoms. The first-order valence-electron chi connectivity index (χ1n) is 7.22. The summed E-state index contributed by atoms with van der Waals surface area (Å²) in [6.07, 6.45) is 4.72. The van der Waals surface area contributed by atoms with Crippen molar-refractivity contribution in [3.8, 4) is 0 Å². The molecule has 0 aliphatic carbocycles. The molecule has 3 N–H and O–H groups in total. The number of nitrogens with one attached hydrogen (secondary N) is 2. The summed E-state index contributed by atoms with van der Waals surface area (Å²) < 4.78 is 0.